The first-order chi connectivity index (χ1) is 15.1. The maximum Gasteiger partial charge on any atom is 0.573 e. The molecule has 2 aliphatic rings. The third kappa shape index (κ3) is 5.24. The second-order valence-electron chi connectivity index (χ2n) is 7.75. The van der Waals surface area contributed by atoms with Crippen LogP contribution in [0, 0.1) is 0 Å². The number of amides is 2. The molecule has 0 bridgehead atoms. The third-order valence-electron chi connectivity index (χ3n) is 5.50. The summed E-state index contributed by atoms with van der Waals surface area (Å²) in [5.74, 6) is -0.419. The number of anilines is 1. The van der Waals surface area contributed by atoms with Crippen LogP contribution in [-0.4, -0.2) is 20.8 Å². The Hall–Kier alpha value is -3.01. The van der Waals surface area contributed by atoms with Crippen molar-refractivity contribution < 1.29 is 31.1 Å². The molecular weight excluding hydrogens is 445 g/mol. The Morgan fingerprint density at radius 2 is 1.56 bits per heavy atom. The molecule has 0 saturated heterocycles. The van der Waals surface area contributed by atoms with Crippen LogP contribution in [0.2, 0.25) is 0 Å². The fourth-order valence-electron chi connectivity index (χ4n) is 4.22. The molecule has 6 nitrogen and oxygen atoms in total. The standard InChI is InChI=1S/C22H21F3N2O4S/c23-22(24,25)31-17-9-7-14(8-10-17)11-12-32(29,30)27-21(28)26-20-18-5-1-3-15(18)13-16-4-2-6-19(16)20/h7-13H,1-6H2,(H2,26,27,28)/b12-11+. The number of rotatable bonds is 5. The van der Waals surface area contributed by atoms with Crippen LogP contribution in [0.1, 0.15) is 40.7 Å². The topological polar surface area (TPSA) is 84.5 Å². The molecule has 0 aliphatic heterocycles. The molecule has 0 heterocycles. The highest BCUT2D eigenvalue weighted by molar-refractivity contribution is 7.93. The monoisotopic (exact) mass is 466 g/mol. The number of benzene rings is 2. The van der Waals surface area contributed by atoms with Gasteiger partial charge in [-0.3, -0.25) is 0 Å². The van der Waals surface area contributed by atoms with Gasteiger partial charge in [0.15, 0.2) is 0 Å². The van der Waals surface area contributed by atoms with Gasteiger partial charge in [0.1, 0.15) is 5.75 Å². The van der Waals surface area contributed by atoms with Crippen LogP contribution in [0.5, 0.6) is 5.75 Å². The van der Waals surface area contributed by atoms with Gasteiger partial charge in [0.25, 0.3) is 10.0 Å². The minimum Gasteiger partial charge on any atom is -0.406 e. The predicted octanol–water partition coefficient (Wildman–Crippen LogP) is 4.68. The molecule has 0 atom stereocenters. The summed E-state index contributed by atoms with van der Waals surface area (Å²) in [5, 5.41) is 3.52. The number of carbonyl (C=O) groups is 1. The second-order valence-corrected chi connectivity index (χ2v) is 9.32. The number of hydrogen-bond acceptors (Lipinski definition) is 4. The molecule has 0 saturated carbocycles. The van der Waals surface area contributed by atoms with Crippen molar-refractivity contribution in [2.45, 2.75) is 44.9 Å². The van der Waals surface area contributed by atoms with Gasteiger partial charge >= 0.3 is 12.4 Å². The van der Waals surface area contributed by atoms with E-state index in [2.05, 4.69) is 16.1 Å². The molecule has 2 aliphatic carbocycles. The lowest BCUT2D eigenvalue weighted by Crippen LogP contribution is -2.33. The first-order valence-corrected chi connectivity index (χ1v) is 11.7. The molecule has 2 aromatic rings. The van der Waals surface area contributed by atoms with Crippen molar-refractivity contribution >= 4 is 27.8 Å². The summed E-state index contributed by atoms with van der Waals surface area (Å²) in [5.41, 5.74) is 5.63. The van der Waals surface area contributed by atoms with Crippen LogP contribution in [0.4, 0.5) is 23.7 Å². The number of ether oxygens (including phenoxy) is 1. The van der Waals surface area contributed by atoms with E-state index in [1.54, 1.807) is 0 Å². The number of sulfonamides is 1. The fourth-order valence-corrected chi connectivity index (χ4v) is 4.93. The number of hydrogen-bond donors (Lipinski definition) is 2. The van der Waals surface area contributed by atoms with E-state index in [1.807, 2.05) is 4.72 Å². The van der Waals surface area contributed by atoms with Gasteiger partial charge in [0.05, 0.1) is 5.41 Å². The SMILES string of the molecule is O=C(Nc1c2c(cc3c1CCC3)CCC2)NS(=O)(=O)/C=C/c1ccc(OC(F)(F)F)cc1. The van der Waals surface area contributed by atoms with E-state index in [4.69, 9.17) is 0 Å². The smallest absolute Gasteiger partial charge is 0.406 e. The Morgan fingerprint density at radius 3 is 2.12 bits per heavy atom. The number of carbonyl (C=O) groups excluding carboxylic acids is 1. The predicted molar refractivity (Wildman–Crippen MR) is 114 cm³/mol. The van der Waals surface area contributed by atoms with Crippen LogP contribution in [-0.2, 0) is 35.7 Å². The molecule has 0 aromatic heterocycles. The number of nitrogens with one attached hydrogen (secondary N) is 2. The van der Waals surface area contributed by atoms with Gasteiger partial charge in [0.2, 0.25) is 0 Å². The highest BCUT2D eigenvalue weighted by Crippen LogP contribution is 2.38. The number of halogens is 3. The van der Waals surface area contributed by atoms with Crippen LogP contribution >= 0.6 is 0 Å². The van der Waals surface area contributed by atoms with Crippen LogP contribution < -0.4 is 14.8 Å². The Bertz CT molecular complexity index is 1140. The van der Waals surface area contributed by atoms with Gasteiger partial charge in [-0.25, -0.2) is 17.9 Å². The van der Waals surface area contributed by atoms with E-state index in [-0.39, 0.29) is 0 Å². The highest BCUT2D eigenvalue weighted by Gasteiger charge is 2.31. The lowest BCUT2D eigenvalue weighted by Gasteiger charge is -2.16. The van der Waals surface area contributed by atoms with E-state index in [1.165, 1.54) is 29.3 Å². The number of fused-ring (bicyclic) bond motifs is 2. The summed E-state index contributed by atoms with van der Waals surface area (Å²) in [4.78, 5) is 12.5. The Kier molecular flexibility index (Phi) is 5.89. The van der Waals surface area contributed by atoms with E-state index in [0.29, 0.717) is 5.56 Å². The van der Waals surface area contributed by atoms with Crippen molar-refractivity contribution in [2.24, 2.45) is 0 Å². The van der Waals surface area contributed by atoms with E-state index in [0.717, 1.165) is 72.9 Å². The van der Waals surface area contributed by atoms with Gasteiger partial charge in [-0.15, -0.1) is 13.2 Å². The molecule has 2 N–H and O–H groups in total. The van der Waals surface area contributed by atoms with E-state index in [9.17, 15) is 26.4 Å². The molecule has 0 spiro atoms. The van der Waals surface area contributed by atoms with Gasteiger partial charge in [-0.1, -0.05) is 18.2 Å². The molecule has 4 rings (SSSR count). The maximum absolute atomic E-state index is 12.5. The first kappa shape index (κ1) is 22.2. The van der Waals surface area contributed by atoms with Crippen LogP contribution in [0.25, 0.3) is 6.08 Å². The normalized spacial score (nSPS) is 15.5. The molecular formula is C22H21F3N2O4S. The van der Waals surface area contributed by atoms with Crippen molar-refractivity contribution in [2.75, 3.05) is 5.32 Å². The summed E-state index contributed by atoms with van der Waals surface area (Å²) in [7, 11) is -4.12. The summed E-state index contributed by atoms with van der Waals surface area (Å²) in [6, 6.07) is 6.02. The zero-order valence-corrected chi connectivity index (χ0v) is 17.8. The lowest BCUT2D eigenvalue weighted by molar-refractivity contribution is -0.274. The summed E-state index contributed by atoms with van der Waals surface area (Å²) >= 11 is 0. The number of urea groups is 1. The molecule has 170 valence electrons. The third-order valence-corrected chi connectivity index (χ3v) is 6.46. The first-order valence-electron chi connectivity index (χ1n) is 10.1. The zero-order chi connectivity index (χ0) is 22.9. The van der Waals surface area contributed by atoms with Gasteiger partial charge < -0.3 is 10.1 Å². The minimum absolute atomic E-state index is 0.323. The van der Waals surface area contributed by atoms with Gasteiger partial charge in [-0.2, -0.15) is 0 Å². The fraction of sp³-hybridized carbons (Fsp3) is 0.318. The molecule has 2 aromatic carbocycles. The molecule has 2 amide bonds. The Morgan fingerprint density at radius 1 is 0.969 bits per heavy atom. The average Bonchev–Trinajstić information content (AvgIpc) is 3.35. The van der Waals surface area contributed by atoms with Crippen molar-refractivity contribution in [3.05, 3.63) is 63.6 Å². The molecule has 0 radical (unpaired) electrons. The van der Waals surface area contributed by atoms with Gasteiger partial charge in [-0.05, 0) is 84.6 Å². The highest BCUT2D eigenvalue weighted by atomic mass is 32.2. The Balaban J connectivity index is 1.43. The summed E-state index contributed by atoms with van der Waals surface area (Å²) < 4.78 is 66.9. The van der Waals surface area contributed by atoms with Crippen molar-refractivity contribution in [3.8, 4) is 5.75 Å². The van der Waals surface area contributed by atoms with Crippen LogP contribution in [0.15, 0.2) is 35.7 Å². The van der Waals surface area contributed by atoms with Crippen LogP contribution in [0.3, 0.4) is 0 Å². The van der Waals surface area contributed by atoms with Gasteiger partial charge in [0, 0.05) is 5.69 Å². The molecule has 0 unspecified atom stereocenters. The number of aryl methyl sites for hydroxylation is 2. The average molecular weight is 466 g/mol. The van der Waals surface area contributed by atoms with Crippen molar-refractivity contribution in [3.63, 3.8) is 0 Å². The molecule has 32 heavy (non-hydrogen) atoms. The zero-order valence-electron chi connectivity index (χ0n) is 17.0. The lowest BCUT2D eigenvalue weighted by atomic mass is 9.99. The maximum atomic E-state index is 12.5. The Labute approximate surface area is 183 Å². The largest absolute Gasteiger partial charge is 0.573 e. The van der Waals surface area contributed by atoms with E-state index < -0.39 is 28.2 Å². The summed E-state index contributed by atoms with van der Waals surface area (Å²) in [6.07, 6.45) is 1.96. The quantitative estimate of drug-likeness (QED) is 0.670. The minimum atomic E-state index is -4.81. The second kappa shape index (κ2) is 8.50. The summed E-state index contributed by atoms with van der Waals surface area (Å²) in [6.45, 7) is 0. The van der Waals surface area contributed by atoms with Crippen molar-refractivity contribution in [1.29, 1.82) is 0 Å². The molecule has 10 heteroatoms. The molecule has 0 fully saturated rings. The van der Waals surface area contributed by atoms with E-state index >= 15 is 0 Å². The van der Waals surface area contributed by atoms with Crippen molar-refractivity contribution in [1.82, 2.24) is 4.72 Å². The number of alkyl halides is 3.